The maximum Gasteiger partial charge on any atom is 0.138 e. The Morgan fingerprint density at radius 2 is 2.44 bits per heavy atom. The minimum absolute atomic E-state index is 0.0502. The minimum atomic E-state index is -0.395. The number of aliphatic hydroxyl groups excluding tert-OH is 1. The van der Waals surface area contributed by atoms with Gasteiger partial charge in [-0.1, -0.05) is 6.92 Å². The topological polar surface area (TPSA) is 51.6 Å². The molecule has 0 bridgehead atoms. The minimum Gasteiger partial charge on any atom is -0.486 e. The van der Waals surface area contributed by atoms with Crippen LogP contribution in [0, 0.1) is 0 Å². The lowest BCUT2D eigenvalue weighted by molar-refractivity contribution is -0.162. The molecule has 1 aliphatic rings. The van der Waals surface area contributed by atoms with E-state index >= 15 is 0 Å². The Morgan fingerprint density at radius 3 is 3.06 bits per heavy atom. The summed E-state index contributed by atoms with van der Waals surface area (Å²) in [5.41, 5.74) is 0. The maximum absolute atomic E-state index is 9.56. The maximum atomic E-state index is 9.56. The van der Waals surface area contributed by atoms with Gasteiger partial charge < -0.3 is 14.6 Å². The molecule has 4 nitrogen and oxygen atoms in total. The van der Waals surface area contributed by atoms with Crippen LogP contribution >= 0.6 is 0 Å². The number of ether oxygens (including phenoxy) is 2. The van der Waals surface area contributed by atoms with Crippen LogP contribution in [-0.2, 0) is 4.74 Å². The lowest BCUT2D eigenvalue weighted by Crippen LogP contribution is -2.55. The molecule has 0 spiro atoms. The van der Waals surface area contributed by atoms with Gasteiger partial charge in [0.2, 0.25) is 0 Å². The fraction of sp³-hybridized carbons (Fsp3) is 0.583. The standard InChI is InChI=1S/C12H17NO3/c1-2-6-15-12-10(14)7-11(12)16-9-4-3-5-13-8-9/h3-5,8,10-12,14H,2,6-7H2,1H3. The van der Waals surface area contributed by atoms with Crippen molar-refractivity contribution in [2.24, 2.45) is 0 Å². The molecule has 0 aliphatic heterocycles. The van der Waals surface area contributed by atoms with Crippen molar-refractivity contribution in [2.45, 2.75) is 38.1 Å². The molecule has 0 saturated heterocycles. The summed E-state index contributed by atoms with van der Waals surface area (Å²) in [6, 6.07) is 3.68. The van der Waals surface area contributed by atoms with Crippen LogP contribution in [0.1, 0.15) is 19.8 Å². The summed E-state index contributed by atoms with van der Waals surface area (Å²) in [5, 5.41) is 9.56. The smallest absolute Gasteiger partial charge is 0.138 e. The molecule has 1 heterocycles. The van der Waals surface area contributed by atoms with Gasteiger partial charge in [-0.25, -0.2) is 0 Å². The van der Waals surface area contributed by atoms with Crippen molar-refractivity contribution in [2.75, 3.05) is 6.61 Å². The first kappa shape index (κ1) is 11.4. The van der Waals surface area contributed by atoms with Crippen LogP contribution in [0.4, 0.5) is 0 Å². The summed E-state index contributed by atoms with van der Waals surface area (Å²) < 4.78 is 11.2. The number of rotatable bonds is 5. The van der Waals surface area contributed by atoms with Gasteiger partial charge in [0.15, 0.2) is 0 Å². The molecule has 1 N–H and O–H groups in total. The average molecular weight is 223 g/mol. The third kappa shape index (κ3) is 2.51. The zero-order valence-electron chi connectivity index (χ0n) is 9.37. The summed E-state index contributed by atoms with van der Waals surface area (Å²) in [7, 11) is 0. The van der Waals surface area contributed by atoms with E-state index < -0.39 is 6.10 Å². The lowest BCUT2D eigenvalue weighted by atomic mass is 9.88. The fourth-order valence-electron chi connectivity index (χ4n) is 1.74. The number of pyridine rings is 1. The molecular weight excluding hydrogens is 206 g/mol. The van der Waals surface area contributed by atoms with E-state index in [0.29, 0.717) is 13.0 Å². The molecular formula is C12H17NO3. The van der Waals surface area contributed by atoms with Crippen molar-refractivity contribution in [1.29, 1.82) is 0 Å². The van der Waals surface area contributed by atoms with E-state index in [9.17, 15) is 5.11 Å². The van der Waals surface area contributed by atoms with Gasteiger partial charge in [-0.2, -0.15) is 0 Å². The van der Waals surface area contributed by atoms with Gasteiger partial charge in [-0.05, 0) is 18.6 Å². The first-order valence-corrected chi connectivity index (χ1v) is 5.67. The molecule has 0 aromatic carbocycles. The first-order chi connectivity index (χ1) is 7.81. The van der Waals surface area contributed by atoms with E-state index in [1.54, 1.807) is 12.4 Å². The van der Waals surface area contributed by atoms with E-state index in [1.807, 2.05) is 19.1 Å². The quantitative estimate of drug-likeness (QED) is 0.819. The Balaban J connectivity index is 1.86. The number of nitrogens with zero attached hydrogens (tertiary/aromatic N) is 1. The summed E-state index contributed by atoms with van der Waals surface area (Å²) in [6.45, 7) is 2.71. The zero-order chi connectivity index (χ0) is 11.4. The summed E-state index contributed by atoms with van der Waals surface area (Å²) in [6.07, 6.45) is 4.31. The Morgan fingerprint density at radius 1 is 1.56 bits per heavy atom. The molecule has 1 aromatic rings. The van der Waals surface area contributed by atoms with Gasteiger partial charge in [0.05, 0.1) is 12.3 Å². The molecule has 1 fully saturated rings. The SMILES string of the molecule is CCCOC1C(O)CC1Oc1cccnc1. The Hall–Kier alpha value is -1.13. The van der Waals surface area contributed by atoms with Gasteiger partial charge in [0.25, 0.3) is 0 Å². The molecule has 2 rings (SSSR count). The zero-order valence-corrected chi connectivity index (χ0v) is 9.37. The highest BCUT2D eigenvalue weighted by atomic mass is 16.6. The van der Waals surface area contributed by atoms with Crippen LogP contribution in [0.3, 0.4) is 0 Å². The molecule has 0 radical (unpaired) electrons. The largest absolute Gasteiger partial charge is 0.486 e. The molecule has 1 saturated carbocycles. The van der Waals surface area contributed by atoms with Crippen molar-refractivity contribution in [3.8, 4) is 5.75 Å². The number of hydrogen-bond donors (Lipinski definition) is 1. The molecule has 3 unspecified atom stereocenters. The van der Waals surface area contributed by atoms with E-state index in [2.05, 4.69) is 4.98 Å². The first-order valence-electron chi connectivity index (χ1n) is 5.67. The lowest BCUT2D eigenvalue weighted by Gasteiger charge is -2.40. The number of hydrogen-bond acceptors (Lipinski definition) is 4. The van der Waals surface area contributed by atoms with Gasteiger partial charge in [0.1, 0.15) is 18.0 Å². The van der Waals surface area contributed by atoms with E-state index in [4.69, 9.17) is 9.47 Å². The van der Waals surface area contributed by atoms with Crippen molar-refractivity contribution < 1.29 is 14.6 Å². The van der Waals surface area contributed by atoms with Gasteiger partial charge in [-0.3, -0.25) is 4.98 Å². The van der Waals surface area contributed by atoms with Crippen molar-refractivity contribution >= 4 is 0 Å². The van der Waals surface area contributed by atoms with E-state index in [-0.39, 0.29) is 12.2 Å². The van der Waals surface area contributed by atoms with Crippen LogP contribution < -0.4 is 4.74 Å². The summed E-state index contributed by atoms with van der Waals surface area (Å²) in [4.78, 5) is 3.97. The summed E-state index contributed by atoms with van der Waals surface area (Å²) in [5.74, 6) is 0.726. The number of aromatic nitrogens is 1. The highest BCUT2D eigenvalue weighted by Gasteiger charge is 2.42. The average Bonchev–Trinajstić information content (AvgIpc) is 2.30. The third-order valence-corrected chi connectivity index (χ3v) is 2.66. The molecule has 16 heavy (non-hydrogen) atoms. The van der Waals surface area contributed by atoms with Crippen LogP contribution in [-0.4, -0.2) is 35.0 Å². The second kappa shape index (κ2) is 5.27. The van der Waals surface area contributed by atoms with Crippen molar-refractivity contribution in [1.82, 2.24) is 4.98 Å². The third-order valence-electron chi connectivity index (χ3n) is 2.66. The molecule has 88 valence electrons. The van der Waals surface area contributed by atoms with Crippen molar-refractivity contribution in [3.05, 3.63) is 24.5 Å². The molecule has 0 amide bonds. The molecule has 3 atom stereocenters. The predicted molar refractivity (Wildman–Crippen MR) is 59.3 cm³/mol. The Labute approximate surface area is 95.2 Å². The van der Waals surface area contributed by atoms with Crippen LogP contribution in [0.5, 0.6) is 5.75 Å². The normalized spacial score (nSPS) is 28.5. The highest BCUT2D eigenvalue weighted by molar-refractivity contribution is 5.17. The molecule has 4 heteroatoms. The monoisotopic (exact) mass is 223 g/mol. The van der Waals surface area contributed by atoms with Crippen LogP contribution in [0.15, 0.2) is 24.5 Å². The van der Waals surface area contributed by atoms with Gasteiger partial charge >= 0.3 is 0 Å². The van der Waals surface area contributed by atoms with Gasteiger partial charge in [-0.15, -0.1) is 0 Å². The Bertz CT molecular complexity index is 317. The molecule has 1 aliphatic carbocycles. The number of aliphatic hydroxyl groups is 1. The second-order valence-electron chi connectivity index (χ2n) is 3.98. The predicted octanol–water partition coefficient (Wildman–Crippen LogP) is 1.39. The fourth-order valence-corrected chi connectivity index (χ4v) is 1.74. The van der Waals surface area contributed by atoms with E-state index in [0.717, 1.165) is 12.2 Å². The molecule has 1 aromatic heterocycles. The van der Waals surface area contributed by atoms with Crippen LogP contribution in [0.25, 0.3) is 0 Å². The van der Waals surface area contributed by atoms with Crippen LogP contribution in [0.2, 0.25) is 0 Å². The second-order valence-corrected chi connectivity index (χ2v) is 3.98. The highest BCUT2D eigenvalue weighted by Crippen LogP contribution is 2.28. The van der Waals surface area contributed by atoms with Crippen molar-refractivity contribution in [3.63, 3.8) is 0 Å². The van der Waals surface area contributed by atoms with Gasteiger partial charge in [0, 0.05) is 19.2 Å². The Kier molecular flexibility index (Phi) is 3.74. The summed E-state index contributed by atoms with van der Waals surface area (Å²) >= 11 is 0. The van der Waals surface area contributed by atoms with E-state index in [1.165, 1.54) is 0 Å².